The summed E-state index contributed by atoms with van der Waals surface area (Å²) in [4.78, 5) is 9.13. The van der Waals surface area contributed by atoms with Crippen LogP contribution >= 0.6 is 0 Å². The fourth-order valence-electron chi connectivity index (χ4n) is 1.98. The summed E-state index contributed by atoms with van der Waals surface area (Å²) in [6.07, 6.45) is 2.76. The predicted molar refractivity (Wildman–Crippen MR) is 73.5 cm³/mol. The predicted octanol–water partition coefficient (Wildman–Crippen LogP) is 3.24. The van der Waals surface area contributed by atoms with E-state index < -0.39 is 0 Å². The molecule has 0 aliphatic carbocycles. The van der Waals surface area contributed by atoms with E-state index >= 15 is 0 Å². The van der Waals surface area contributed by atoms with E-state index in [0.29, 0.717) is 5.65 Å². The second-order valence-corrected chi connectivity index (χ2v) is 7.12. The average molecular weight is 246 g/mol. The number of aromatic nitrogens is 4. The normalized spacial score (nSPS) is 13.2. The van der Waals surface area contributed by atoms with Crippen molar-refractivity contribution >= 4 is 11.2 Å². The fourth-order valence-corrected chi connectivity index (χ4v) is 1.98. The van der Waals surface area contributed by atoms with Crippen LogP contribution in [0.1, 0.15) is 52.9 Å². The third-order valence-corrected chi connectivity index (χ3v) is 2.77. The number of hydrogen-bond acceptors (Lipinski definition) is 3. The number of fused-ring (bicyclic) bond motifs is 1. The van der Waals surface area contributed by atoms with Crippen molar-refractivity contribution in [3.05, 3.63) is 17.6 Å². The molecule has 0 spiro atoms. The molecule has 2 aromatic heterocycles. The molecule has 4 nitrogen and oxygen atoms in total. The molecule has 0 aliphatic heterocycles. The van der Waals surface area contributed by atoms with Crippen LogP contribution in [0.15, 0.2) is 6.20 Å². The van der Waals surface area contributed by atoms with Gasteiger partial charge in [0, 0.05) is 5.41 Å². The maximum absolute atomic E-state index is 4.73. The van der Waals surface area contributed by atoms with Crippen LogP contribution in [-0.4, -0.2) is 20.2 Å². The van der Waals surface area contributed by atoms with Crippen LogP contribution in [0.5, 0.6) is 0 Å². The Bertz CT molecular complexity index is 555. The van der Waals surface area contributed by atoms with Crippen LogP contribution < -0.4 is 0 Å². The molecule has 0 fully saturated rings. The summed E-state index contributed by atoms with van der Waals surface area (Å²) in [5, 5.41) is 7.29. The van der Waals surface area contributed by atoms with Crippen LogP contribution in [0, 0.1) is 5.41 Å². The lowest BCUT2D eigenvalue weighted by molar-refractivity contribution is 0.406. The summed E-state index contributed by atoms with van der Waals surface area (Å²) in [6.45, 7) is 13.1. The van der Waals surface area contributed by atoms with Gasteiger partial charge in [-0.25, -0.2) is 9.97 Å². The molecule has 0 saturated carbocycles. The van der Waals surface area contributed by atoms with Crippen molar-refractivity contribution in [2.24, 2.45) is 5.41 Å². The lowest BCUT2D eigenvalue weighted by atomic mass is 9.90. The van der Waals surface area contributed by atoms with Gasteiger partial charge in [0.05, 0.1) is 17.6 Å². The van der Waals surface area contributed by atoms with Gasteiger partial charge in [0.1, 0.15) is 5.52 Å². The van der Waals surface area contributed by atoms with Crippen LogP contribution in [0.4, 0.5) is 0 Å². The quantitative estimate of drug-likeness (QED) is 0.840. The molecule has 0 unspecified atom stereocenters. The Morgan fingerprint density at radius 2 is 1.78 bits per heavy atom. The van der Waals surface area contributed by atoms with Gasteiger partial charge in [-0.3, -0.25) is 5.10 Å². The fraction of sp³-hybridized carbons (Fsp3) is 0.643. The maximum atomic E-state index is 4.73. The van der Waals surface area contributed by atoms with Crippen LogP contribution in [0.3, 0.4) is 0 Å². The molecule has 0 radical (unpaired) electrons. The van der Waals surface area contributed by atoms with Gasteiger partial charge < -0.3 is 0 Å². The van der Waals surface area contributed by atoms with E-state index in [1.165, 1.54) is 0 Å². The van der Waals surface area contributed by atoms with E-state index in [-0.39, 0.29) is 10.8 Å². The first-order valence-electron chi connectivity index (χ1n) is 6.37. The zero-order valence-corrected chi connectivity index (χ0v) is 12.1. The number of H-pyrrole nitrogens is 1. The summed E-state index contributed by atoms with van der Waals surface area (Å²) in [7, 11) is 0. The highest BCUT2D eigenvalue weighted by Crippen LogP contribution is 2.26. The van der Waals surface area contributed by atoms with Gasteiger partial charge in [0.2, 0.25) is 0 Å². The zero-order valence-electron chi connectivity index (χ0n) is 12.1. The third kappa shape index (κ3) is 2.68. The van der Waals surface area contributed by atoms with E-state index in [9.17, 15) is 0 Å². The van der Waals surface area contributed by atoms with Crippen molar-refractivity contribution in [1.29, 1.82) is 0 Å². The van der Waals surface area contributed by atoms with E-state index in [1.54, 1.807) is 0 Å². The Morgan fingerprint density at radius 1 is 1.11 bits per heavy atom. The summed E-state index contributed by atoms with van der Waals surface area (Å²) in [5.41, 5.74) is 3.92. The number of rotatable bonds is 1. The molecule has 2 heterocycles. The highest BCUT2D eigenvalue weighted by Gasteiger charge is 2.22. The topological polar surface area (TPSA) is 54.5 Å². The monoisotopic (exact) mass is 246 g/mol. The first-order chi connectivity index (χ1) is 8.17. The molecule has 2 rings (SSSR count). The number of nitrogens with one attached hydrogen (secondary N) is 1. The van der Waals surface area contributed by atoms with E-state index in [0.717, 1.165) is 23.3 Å². The first kappa shape index (κ1) is 13.0. The van der Waals surface area contributed by atoms with Crippen LogP contribution in [0.25, 0.3) is 11.2 Å². The molecular weight excluding hydrogens is 224 g/mol. The largest absolute Gasteiger partial charge is 0.278 e. The minimum atomic E-state index is 0.00376. The first-order valence-corrected chi connectivity index (χ1v) is 6.37. The summed E-state index contributed by atoms with van der Waals surface area (Å²) in [5.74, 6) is 0. The van der Waals surface area contributed by atoms with Crippen molar-refractivity contribution in [3.8, 4) is 0 Å². The number of aromatic amines is 1. The Balaban J connectivity index is 2.49. The highest BCUT2D eigenvalue weighted by atomic mass is 15.2. The maximum Gasteiger partial charge on any atom is 0.199 e. The van der Waals surface area contributed by atoms with E-state index in [2.05, 4.69) is 56.7 Å². The minimum Gasteiger partial charge on any atom is -0.278 e. The Morgan fingerprint density at radius 3 is 2.33 bits per heavy atom. The SMILES string of the molecule is CC(C)(C)Cc1cnc2n[nH]c(C(C)(C)C)c2n1. The molecule has 4 heteroatoms. The molecule has 98 valence electrons. The van der Waals surface area contributed by atoms with Gasteiger partial charge in [-0.2, -0.15) is 5.10 Å². The molecule has 0 aromatic carbocycles. The average Bonchev–Trinajstić information content (AvgIpc) is 2.56. The summed E-state index contributed by atoms with van der Waals surface area (Å²) >= 11 is 0. The Hall–Kier alpha value is -1.45. The smallest absolute Gasteiger partial charge is 0.199 e. The molecular formula is C14H22N4. The molecule has 18 heavy (non-hydrogen) atoms. The number of hydrogen-bond donors (Lipinski definition) is 1. The second-order valence-electron chi connectivity index (χ2n) is 7.12. The molecule has 0 atom stereocenters. The Labute approximate surface area is 108 Å². The van der Waals surface area contributed by atoms with Crippen molar-refractivity contribution in [2.75, 3.05) is 0 Å². The molecule has 1 N–H and O–H groups in total. The van der Waals surface area contributed by atoms with Crippen molar-refractivity contribution in [3.63, 3.8) is 0 Å². The van der Waals surface area contributed by atoms with E-state index in [4.69, 9.17) is 4.98 Å². The van der Waals surface area contributed by atoms with Crippen LogP contribution in [-0.2, 0) is 11.8 Å². The van der Waals surface area contributed by atoms with Crippen LogP contribution in [0.2, 0.25) is 0 Å². The Kier molecular flexibility index (Phi) is 2.92. The number of nitrogens with zero attached hydrogens (tertiary/aromatic N) is 3. The molecule has 2 aromatic rings. The highest BCUT2D eigenvalue weighted by molar-refractivity contribution is 5.73. The van der Waals surface area contributed by atoms with Gasteiger partial charge in [-0.1, -0.05) is 41.5 Å². The van der Waals surface area contributed by atoms with Gasteiger partial charge in [-0.15, -0.1) is 0 Å². The van der Waals surface area contributed by atoms with Crippen molar-refractivity contribution < 1.29 is 0 Å². The van der Waals surface area contributed by atoms with Crippen molar-refractivity contribution in [1.82, 2.24) is 20.2 Å². The second kappa shape index (κ2) is 4.04. The van der Waals surface area contributed by atoms with Crippen molar-refractivity contribution in [2.45, 2.75) is 53.4 Å². The van der Waals surface area contributed by atoms with Gasteiger partial charge in [-0.05, 0) is 11.8 Å². The minimum absolute atomic E-state index is 0.00376. The van der Waals surface area contributed by atoms with E-state index in [1.807, 2.05) is 6.20 Å². The van der Waals surface area contributed by atoms with Gasteiger partial charge >= 0.3 is 0 Å². The molecule has 0 amide bonds. The molecule has 0 aliphatic rings. The molecule has 0 bridgehead atoms. The summed E-state index contributed by atoms with van der Waals surface area (Å²) < 4.78 is 0. The third-order valence-electron chi connectivity index (χ3n) is 2.77. The summed E-state index contributed by atoms with van der Waals surface area (Å²) in [6, 6.07) is 0. The lowest BCUT2D eigenvalue weighted by Gasteiger charge is -2.18. The zero-order chi connectivity index (χ0) is 13.6. The lowest BCUT2D eigenvalue weighted by Crippen LogP contribution is -2.14. The van der Waals surface area contributed by atoms with Gasteiger partial charge in [0.15, 0.2) is 5.65 Å². The standard InChI is InChI=1S/C14H22N4/c1-13(2,3)7-9-8-15-12-10(16-9)11(17-18-12)14(4,5)6/h8H,7H2,1-6H3,(H,15,17,18). The molecule has 0 saturated heterocycles. The van der Waals surface area contributed by atoms with Gasteiger partial charge in [0.25, 0.3) is 0 Å².